The number of para-hydroxylation sites is 1. The van der Waals surface area contributed by atoms with Gasteiger partial charge in [0.2, 0.25) is 16.9 Å². The number of benzene rings is 2. The van der Waals surface area contributed by atoms with Crippen molar-refractivity contribution in [2.24, 2.45) is 0 Å². The van der Waals surface area contributed by atoms with Crippen molar-refractivity contribution in [3.05, 3.63) is 81.1 Å². The Kier molecular flexibility index (Phi) is 5.21. The molecule has 0 aliphatic rings. The van der Waals surface area contributed by atoms with Crippen molar-refractivity contribution in [2.75, 3.05) is 13.2 Å². The van der Waals surface area contributed by atoms with Gasteiger partial charge in [-0.15, -0.1) is 0 Å². The highest BCUT2D eigenvalue weighted by Crippen LogP contribution is 2.33. The Balaban J connectivity index is 1.60. The average molecular weight is 441 g/mol. The lowest BCUT2D eigenvalue weighted by Crippen LogP contribution is -2.15. The molecule has 0 atom stereocenters. The van der Waals surface area contributed by atoms with Crippen LogP contribution in [0.4, 0.5) is 0 Å². The summed E-state index contributed by atoms with van der Waals surface area (Å²) in [7, 11) is 0. The van der Waals surface area contributed by atoms with Gasteiger partial charge in [-0.25, -0.2) is 0 Å². The summed E-state index contributed by atoms with van der Waals surface area (Å²) in [5, 5.41) is 0.450. The van der Waals surface area contributed by atoms with Crippen molar-refractivity contribution in [1.29, 1.82) is 0 Å². The standard InChI is InChI=1S/C22H17BrO5/c1-14-6-8-15(9-7-14)25-12-13-26-22-20(24)16-4-2-3-5-17(16)28-21(22)18-10-11-19(23)27-18/h2-11H,12-13H2,1H3. The summed E-state index contributed by atoms with van der Waals surface area (Å²) < 4.78 is 23.5. The Morgan fingerprint density at radius 1 is 0.893 bits per heavy atom. The number of ether oxygens (including phenoxy) is 2. The number of furan rings is 1. The summed E-state index contributed by atoms with van der Waals surface area (Å²) in [4.78, 5) is 13.0. The second-order valence-electron chi connectivity index (χ2n) is 6.20. The van der Waals surface area contributed by atoms with Crippen LogP contribution in [0.2, 0.25) is 0 Å². The van der Waals surface area contributed by atoms with Gasteiger partial charge in [0, 0.05) is 0 Å². The largest absolute Gasteiger partial charge is 0.490 e. The molecule has 0 aliphatic heterocycles. The topological polar surface area (TPSA) is 61.8 Å². The van der Waals surface area contributed by atoms with Crippen molar-refractivity contribution >= 4 is 26.9 Å². The molecule has 0 saturated heterocycles. The SMILES string of the molecule is Cc1ccc(OCCOc2c(-c3ccc(Br)o3)oc3ccccc3c2=O)cc1. The molecule has 5 nitrogen and oxygen atoms in total. The molecule has 0 aliphatic carbocycles. The fourth-order valence-electron chi connectivity index (χ4n) is 2.79. The van der Waals surface area contributed by atoms with Crippen LogP contribution in [-0.4, -0.2) is 13.2 Å². The van der Waals surface area contributed by atoms with Crippen LogP contribution in [-0.2, 0) is 0 Å². The van der Waals surface area contributed by atoms with Crippen LogP contribution in [0.25, 0.3) is 22.5 Å². The molecular formula is C22H17BrO5. The Morgan fingerprint density at radius 2 is 1.64 bits per heavy atom. The van der Waals surface area contributed by atoms with Gasteiger partial charge in [0.05, 0.1) is 5.39 Å². The third kappa shape index (κ3) is 3.82. The lowest BCUT2D eigenvalue weighted by molar-refractivity contribution is 0.214. The monoisotopic (exact) mass is 440 g/mol. The highest BCUT2D eigenvalue weighted by Gasteiger charge is 2.20. The van der Waals surface area contributed by atoms with E-state index in [-0.39, 0.29) is 30.2 Å². The predicted molar refractivity (Wildman–Crippen MR) is 110 cm³/mol. The first-order valence-electron chi connectivity index (χ1n) is 8.75. The molecule has 0 bridgehead atoms. The molecule has 0 radical (unpaired) electrons. The molecule has 0 N–H and O–H groups in total. The molecule has 6 heteroatoms. The maximum Gasteiger partial charge on any atom is 0.235 e. The quantitative estimate of drug-likeness (QED) is 0.366. The summed E-state index contributed by atoms with van der Waals surface area (Å²) in [6, 6.07) is 18.2. The van der Waals surface area contributed by atoms with Crippen LogP contribution in [0.1, 0.15) is 5.56 Å². The summed E-state index contributed by atoms with van der Waals surface area (Å²) >= 11 is 3.27. The van der Waals surface area contributed by atoms with Crippen molar-refractivity contribution in [3.8, 4) is 23.0 Å². The van der Waals surface area contributed by atoms with Gasteiger partial charge in [-0.1, -0.05) is 29.8 Å². The molecule has 4 rings (SSSR count). The molecule has 0 fully saturated rings. The second kappa shape index (κ2) is 7.94. The van der Waals surface area contributed by atoms with Crippen molar-refractivity contribution in [3.63, 3.8) is 0 Å². The molecule has 0 amide bonds. The number of halogens is 1. The van der Waals surface area contributed by atoms with E-state index in [0.717, 1.165) is 11.3 Å². The maximum atomic E-state index is 13.0. The lowest BCUT2D eigenvalue weighted by atomic mass is 10.2. The zero-order valence-electron chi connectivity index (χ0n) is 15.1. The van der Waals surface area contributed by atoms with Crippen LogP contribution < -0.4 is 14.9 Å². The van der Waals surface area contributed by atoms with E-state index in [0.29, 0.717) is 21.4 Å². The lowest BCUT2D eigenvalue weighted by Gasteiger charge is -2.11. The number of rotatable bonds is 6. The van der Waals surface area contributed by atoms with Crippen LogP contribution in [0.3, 0.4) is 0 Å². The average Bonchev–Trinajstić information content (AvgIpc) is 3.14. The fraction of sp³-hybridized carbons (Fsp3) is 0.136. The molecule has 28 heavy (non-hydrogen) atoms. The van der Waals surface area contributed by atoms with Gasteiger partial charge in [0.25, 0.3) is 0 Å². The minimum atomic E-state index is -0.250. The van der Waals surface area contributed by atoms with E-state index < -0.39 is 0 Å². The first-order valence-corrected chi connectivity index (χ1v) is 9.55. The van der Waals surface area contributed by atoms with E-state index in [1.165, 1.54) is 0 Å². The molecule has 0 saturated carbocycles. The minimum Gasteiger partial charge on any atom is -0.490 e. The molecular weight excluding hydrogens is 424 g/mol. The van der Waals surface area contributed by atoms with E-state index >= 15 is 0 Å². The Labute approximate surface area is 169 Å². The maximum absolute atomic E-state index is 13.0. The van der Waals surface area contributed by atoms with Crippen molar-refractivity contribution in [2.45, 2.75) is 6.92 Å². The molecule has 142 valence electrons. The highest BCUT2D eigenvalue weighted by atomic mass is 79.9. The van der Waals surface area contributed by atoms with Gasteiger partial charge in [-0.3, -0.25) is 4.79 Å². The Bertz CT molecular complexity index is 1160. The summed E-state index contributed by atoms with van der Waals surface area (Å²) in [6.07, 6.45) is 0. The summed E-state index contributed by atoms with van der Waals surface area (Å²) in [6.45, 7) is 2.49. The van der Waals surface area contributed by atoms with E-state index in [1.807, 2.05) is 37.3 Å². The van der Waals surface area contributed by atoms with Crippen LogP contribution in [0.15, 0.2) is 79.0 Å². The van der Waals surface area contributed by atoms with Gasteiger partial charge in [-0.2, -0.15) is 0 Å². The minimum absolute atomic E-state index is 0.105. The van der Waals surface area contributed by atoms with Gasteiger partial charge in [0.1, 0.15) is 24.5 Å². The predicted octanol–water partition coefficient (Wildman–Crippen LogP) is 5.58. The number of fused-ring (bicyclic) bond motifs is 1. The van der Waals surface area contributed by atoms with Crippen LogP contribution >= 0.6 is 15.9 Å². The van der Waals surface area contributed by atoms with Crippen molar-refractivity contribution in [1.82, 2.24) is 0 Å². The first kappa shape index (κ1) is 18.4. The molecule has 2 aromatic heterocycles. The zero-order chi connectivity index (χ0) is 19.5. The van der Waals surface area contributed by atoms with Gasteiger partial charge in [-0.05, 0) is 59.3 Å². The summed E-state index contributed by atoms with van der Waals surface area (Å²) in [5.74, 6) is 1.51. The van der Waals surface area contributed by atoms with Crippen LogP contribution in [0.5, 0.6) is 11.5 Å². The first-order chi connectivity index (χ1) is 13.6. The van der Waals surface area contributed by atoms with Gasteiger partial charge < -0.3 is 18.3 Å². The Hall–Kier alpha value is -2.99. The molecule has 0 unspecified atom stereocenters. The normalized spacial score (nSPS) is 10.9. The second-order valence-corrected chi connectivity index (χ2v) is 6.98. The number of hydrogen-bond acceptors (Lipinski definition) is 5. The molecule has 2 heterocycles. The van der Waals surface area contributed by atoms with E-state index in [1.54, 1.807) is 30.3 Å². The highest BCUT2D eigenvalue weighted by molar-refractivity contribution is 9.10. The van der Waals surface area contributed by atoms with E-state index in [2.05, 4.69) is 15.9 Å². The third-order valence-electron chi connectivity index (χ3n) is 4.17. The zero-order valence-corrected chi connectivity index (χ0v) is 16.7. The Morgan fingerprint density at radius 3 is 2.39 bits per heavy atom. The van der Waals surface area contributed by atoms with Crippen LogP contribution in [0, 0.1) is 6.92 Å². The third-order valence-corrected chi connectivity index (χ3v) is 4.60. The van der Waals surface area contributed by atoms with E-state index in [4.69, 9.17) is 18.3 Å². The fourth-order valence-corrected chi connectivity index (χ4v) is 3.10. The molecule has 2 aromatic carbocycles. The van der Waals surface area contributed by atoms with Gasteiger partial charge >= 0.3 is 0 Å². The smallest absolute Gasteiger partial charge is 0.235 e. The molecule has 4 aromatic rings. The van der Waals surface area contributed by atoms with Crippen molar-refractivity contribution < 1.29 is 18.3 Å². The number of hydrogen-bond donors (Lipinski definition) is 0. The molecule has 0 spiro atoms. The number of aryl methyl sites for hydroxylation is 1. The van der Waals surface area contributed by atoms with E-state index in [9.17, 15) is 4.79 Å². The summed E-state index contributed by atoms with van der Waals surface area (Å²) in [5.41, 5.74) is 1.38. The van der Waals surface area contributed by atoms with Gasteiger partial charge in [0.15, 0.2) is 10.4 Å².